The zero-order chi connectivity index (χ0) is 18.2. The van der Waals surface area contributed by atoms with Gasteiger partial charge in [0.2, 0.25) is 5.91 Å². The van der Waals surface area contributed by atoms with Crippen molar-refractivity contribution < 1.29 is 4.79 Å². The maximum Gasteiger partial charge on any atom is 0.238 e. The number of amides is 1. The molecule has 2 aromatic carbocycles. The van der Waals surface area contributed by atoms with Gasteiger partial charge in [0, 0.05) is 38.4 Å². The Balaban J connectivity index is 1.38. The summed E-state index contributed by atoms with van der Waals surface area (Å²) in [7, 11) is 0. The molecule has 138 valence electrons. The average molecular weight is 351 g/mol. The predicted octanol–water partition coefficient (Wildman–Crippen LogP) is 3.05. The Morgan fingerprint density at radius 2 is 1.62 bits per heavy atom. The third-order valence-corrected chi connectivity index (χ3v) is 5.01. The van der Waals surface area contributed by atoms with Crippen LogP contribution in [0.5, 0.6) is 0 Å². The zero-order valence-corrected chi connectivity index (χ0v) is 15.7. The van der Waals surface area contributed by atoms with Crippen LogP contribution in [0.1, 0.15) is 18.1 Å². The van der Waals surface area contributed by atoms with Gasteiger partial charge in [-0.2, -0.15) is 0 Å². The molecular weight excluding hydrogens is 322 g/mol. The summed E-state index contributed by atoms with van der Waals surface area (Å²) in [6, 6.07) is 18.7. The van der Waals surface area contributed by atoms with Crippen LogP contribution < -0.4 is 5.32 Å². The summed E-state index contributed by atoms with van der Waals surface area (Å²) in [5, 5.41) is 3.03. The van der Waals surface area contributed by atoms with Crippen LogP contribution in [0.2, 0.25) is 0 Å². The summed E-state index contributed by atoms with van der Waals surface area (Å²) in [5.41, 5.74) is 3.54. The monoisotopic (exact) mass is 351 g/mol. The van der Waals surface area contributed by atoms with Crippen molar-refractivity contribution in [1.29, 1.82) is 0 Å². The van der Waals surface area contributed by atoms with Gasteiger partial charge in [0.1, 0.15) is 0 Å². The summed E-state index contributed by atoms with van der Waals surface area (Å²) in [6.45, 7) is 7.67. The van der Waals surface area contributed by atoms with E-state index in [2.05, 4.69) is 64.5 Å². The number of carbonyl (C=O) groups excluding carboxylic acids is 1. The predicted molar refractivity (Wildman–Crippen MR) is 107 cm³/mol. The number of hydrogen-bond donors (Lipinski definition) is 1. The molecule has 0 radical (unpaired) electrons. The van der Waals surface area contributed by atoms with E-state index in [1.54, 1.807) is 0 Å². The van der Waals surface area contributed by atoms with Crippen molar-refractivity contribution in [1.82, 2.24) is 9.80 Å². The van der Waals surface area contributed by atoms with Crippen LogP contribution in [0.4, 0.5) is 5.69 Å². The SMILES string of the molecule is CCc1cccc(NC(=O)CN2CCN(CCc3ccccc3)CC2)c1. The lowest BCUT2D eigenvalue weighted by molar-refractivity contribution is -0.117. The molecule has 0 atom stereocenters. The lowest BCUT2D eigenvalue weighted by Gasteiger charge is -2.34. The third kappa shape index (κ3) is 5.68. The van der Waals surface area contributed by atoms with Crippen LogP contribution in [0.15, 0.2) is 54.6 Å². The minimum absolute atomic E-state index is 0.0796. The maximum atomic E-state index is 12.3. The van der Waals surface area contributed by atoms with E-state index in [0.29, 0.717) is 6.54 Å². The van der Waals surface area contributed by atoms with Crippen LogP contribution in [0, 0.1) is 0 Å². The third-order valence-electron chi connectivity index (χ3n) is 5.01. The van der Waals surface area contributed by atoms with E-state index in [1.807, 2.05) is 12.1 Å². The molecule has 0 spiro atoms. The highest BCUT2D eigenvalue weighted by atomic mass is 16.2. The molecule has 2 aromatic rings. The van der Waals surface area contributed by atoms with Gasteiger partial charge >= 0.3 is 0 Å². The Labute approximate surface area is 156 Å². The number of anilines is 1. The van der Waals surface area contributed by atoms with E-state index in [9.17, 15) is 4.79 Å². The Hall–Kier alpha value is -2.17. The van der Waals surface area contributed by atoms with Gasteiger partial charge in [0.15, 0.2) is 0 Å². The minimum Gasteiger partial charge on any atom is -0.325 e. The maximum absolute atomic E-state index is 12.3. The van der Waals surface area contributed by atoms with Crippen molar-refractivity contribution in [3.63, 3.8) is 0 Å². The van der Waals surface area contributed by atoms with Crippen molar-refractivity contribution in [2.75, 3.05) is 44.6 Å². The minimum atomic E-state index is 0.0796. The molecule has 3 rings (SSSR count). The first-order chi connectivity index (χ1) is 12.7. The highest BCUT2D eigenvalue weighted by Crippen LogP contribution is 2.11. The first-order valence-electron chi connectivity index (χ1n) is 9.60. The van der Waals surface area contributed by atoms with Gasteiger partial charge < -0.3 is 10.2 Å². The lowest BCUT2D eigenvalue weighted by atomic mass is 10.1. The van der Waals surface area contributed by atoms with E-state index >= 15 is 0 Å². The van der Waals surface area contributed by atoms with Gasteiger partial charge in [0.05, 0.1) is 6.54 Å². The van der Waals surface area contributed by atoms with Crippen LogP contribution >= 0.6 is 0 Å². The van der Waals surface area contributed by atoms with Gasteiger partial charge in [-0.1, -0.05) is 49.4 Å². The Morgan fingerprint density at radius 3 is 2.35 bits per heavy atom. The lowest BCUT2D eigenvalue weighted by Crippen LogP contribution is -2.49. The molecule has 0 bridgehead atoms. The first kappa shape index (κ1) is 18.6. The van der Waals surface area contributed by atoms with Gasteiger partial charge in [-0.05, 0) is 36.1 Å². The van der Waals surface area contributed by atoms with Crippen LogP contribution in [0.25, 0.3) is 0 Å². The van der Waals surface area contributed by atoms with E-state index in [0.717, 1.165) is 51.3 Å². The molecular formula is C22H29N3O. The molecule has 1 heterocycles. The number of rotatable bonds is 7. The summed E-state index contributed by atoms with van der Waals surface area (Å²) in [6.07, 6.45) is 2.07. The Morgan fingerprint density at radius 1 is 0.923 bits per heavy atom. The highest BCUT2D eigenvalue weighted by molar-refractivity contribution is 5.92. The van der Waals surface area contributed by atoms with Gasteiger partial charge in [-0.25, -0.2) is 0 Å². The molecule has 0 aromatic heterocycles. The molecule has 1 N–H and O–H groups in total. The average Bonchev–Trinajstić information content (AvgIpc) is 2.68. The van der Waals surface area contributed by atoms with Gasteiger partial charge in [0.25, 0.3) is 0 Å². The Bertz CT molecular complexity index is 694. The molecule has 0 unspecified atom stereocenters. The number of nitrogens with one attached hydrogen (secondary N) is 1. The second kappa shape index (κ2) is 9.51. The molecule has 1 aliphatic rings. The standard InChI is InChI=1S/C22H29N3O/c1-2-19-9-6-10-21(17-19)23-22(26)18-25-15-13-24(14-16-25)12-11-20-7-4-3-5-8-20/h3-10,17H,2,11-16,18H2,1H3,(H,23,26). The normalized spacial score (nSPS) is 15.7. The molecule has 4 nitrogen and oxygen atoms in total. The van der Waals surface area contributed by atoms with Crippen molar-refractivity contribution in [3.8, 4) is 0 Å². The fraction of sp³-hybridized carbons (Fsp3) is 0.409. The number of hydrogen-bond acceptors (Lipinski definition) is 3. The van der Waals surface area contributed by atoms with E-state index in [4.69, 9.17) is 0 Å². The molecule has 1 amide bonds. The molecule has 4 heteroatoms. The largest absolute Gasteiger partial charge is 0.325 e. The number of aryl methyl sites for hydroxylation is 1. The molecule has 1 fully saturated rings. The second-order valence-electron chi connectivity index (χ2n) is 6.96. The van der Waals surface area contributed by atoms with E-state index < -0.39 is 0 Å². The zero-order valence-electron chi connectivity index (χ0n) is 15.7. The second-order valence-corrected chi connectivity index (χ2v) is 6.96. The summed E-state index contributed by atoms with van der Waals surface area (Å²) < 4.78 is 0. The fourth-order valence-corrected chi connectivity index (χ4v) is 3.38. The van der Waals surface area contributed by atoms with Crippen molar-refractivity contribution in [2.24, 2.45) is 0 Å². The number of carbonyl (C=O) groups is 1. The van der Waals surface area contributed by atoms with E-state index in [-0.39, 0.29) is 5.91 Å². The first-order valence-corrected chi connectivity index (χ1v) is 9.60. The van der Waals surface area contributed by atoms with Crippen molar-refractivity contribution >= 4 is 11.6 Å². The Kier molecular flexibility index (Phi) is 6.81. The highest BCUT2D eigenvalue weighted by Gasteiger charge is 2.18. The number of nitrogens with zero attached hydrogens (tertiary/aromatic N) is 2. The van der Waals surface area contributed by atoms with Crippen molar-refractivity contribution in [3.05, 3.63) is 65.7 Å². The van der Waals surface area contributed by atoms with E-state index in [1.165, 1.54) is 11.1 Å². The topological polar surface area (TPSA) is 35.6 Å². The van der Waals surface area contributed by atoms with Crippen LogP contribution in [-0.2, 0) is 17.6 Å². The summed E-state index contributed by atoms with van der Waals surface area (Å²) in [4.78, 5) is 17.0. The van der Waals surface area contributed by atoms with Crippen LogP contribution in [0.3, 0.4) is 0 Å². The van der Waals surface area contributed by atoms with Gasteiger partial charge in [-0.15, -0.1) is 0 Å². The van der Waals surface area contributed by atoms with Gasteiger partial charge in [-0.3, -0.25) is 9.69 Å². The molecule has 1 saturated heterocycles. The number of piperazine rings is 1. The van der Waals surface area contributed by atoms with Crippen LogP contribution in [-0.4, -0.2) is 55.0 Å². The number of benzene rings is 2. The fourth-order valence-electron chi connectivity index (χ4n) is 3.38. The molecule has 0 saturated carbocycles. The summed E-state index contributed by atoms with van der Waals surface area (Å²) >= 11 is 0. The smallest absolute Gasteiger partial charge is 0.238 e. The molecule has 1 aliphatic heterocycles. The quantitative estimate of drug-likeness (QED) is 0.833. The molecule has 0 aliphatic carbocycles. The summed E-state index contributed by atoms with van der Waals surface area (Å²) in [5.74, 6) is 0.0796. The van der Waals surface area contributed by atoms with Crippen molar-refractivity contribution in [2.45, 2.75) is 19.8 Å². The molecule has 26 heavy (non-hydrogen) atoms.